The van der Waals surface area contributed by atoms with Crippen molar-refractivity contribution in [1.82, 2.24) is 0 Å². The van der Waals surface area contributed by atoms with Crippen LogP contribution in [0, 0.1) is 27.2 Å². The fourth-order valence-electron chi connectivity index (χ4n) is 2.74. The van der Waals surface area contributed by atoms with Crippen LogP contribution in [0.4, 0.5) is 17.1 Å². The zero-order chi connectivity index (χ0) is 21.8. The molecular formula is C18H15N3O9. The van der Waals surface area contributed by atoms with E-state index in [2.05, 4.69) is 5.32 Å². The Labute approximate surface area is 168 Å². The highest BCUT2D eigenvalue weighted by Gasteiger charge is 2.28. The van der Waals surface area contributed by atoms with Crippen molar-refractivity contribution in [2.75, 3.05) is 25.1 Å². The summed E-state index contributed by atoms with van der Waals surface area (Å²) in [7, 11) is 0. The number of esters is 1. The number of nitro benzene ring substituents is 2. The molecular weight excluding hydrogens is 402 g/mol. The van der Waals surface area contributed by atoms with Crippen molar-refractivity contribution in [2.45, 2.75) is 6.92 Å². The number of rotatable bonds is 6. The summed E-state index contributed by atoms with van der Waals surface area (Å²) in [6.45, 7) is 1.13. The predicted octanol–water partition coefficient (Wildman–Crippen LogP) is 2.38. The Morgan fingerprint density at radius 1 is 1.07 bits per heavy atom. The van der Waals surface area contributed by atoms with Crippen molar-refractivity contribution in [3.63, 3.8) is 0 Å². The van der Waals surface area contributed by atoms with Crippen molar-refractivity contribution in [2.24, 2.45) is 0 Å². The quantitative estimate of drug-likeness (QED) is 0.423. The van der Waals surface area contributed by atoms with Crippen LogP contribution in [0.3, 0.4) is 0 Å². The Hall–Kier alpha value is -4.22. The third kappa shape index (κ3) is 4.27. The number of benzene rings is 2. The minimum atomic E-state index is -1.11. The third-order valence-corrected chi connectivity index (χ3v) is 4.19. The first-order valence-electron chi connectivity index (χ1n) is 8.57. The highest BCUT2D eigenvalue weighted by molar-refractivity contribution is 5.98. The van der Waals surface area contributed by atoms with E-state index in [9.17, 15) is 29.8 Å². The van der Waals surface area contributed by atoms with Crippen LogP contribution in [0.2, 0.25) is 0 Å². The highest BCUT2D eigenvalue weighted by Crippen LogP contribution is 2.36. The van der Waals surface area contributed by atoms with Gasteiger partial charge in [-0.25, -0.2) is 4.79 Å². The van der Waals surface area contributed by atoms with Crippen LogP contribution in [0.1, 0.15) is 15.9 Å². The SMILES string of the molecule is Cc1c(NC(=O)COC(=O)c2cc3c(cc2[N+](=O)[O-])OCCO3)cccc1[N+](=O)[O-]. The number of hydrogen-bond acceptors (Lipinski definition) is 9. The summed E-state index contributed by atoms with van der Waals surface area (Å²) < 4.78 is 15.4. The Morgan fingerprint density at radius 2 is 1.70 bits per heavy atom. The first kappa shape index (κ1) is 20.5. The van der Waals surface area contributed by atoms with Crippen LogP contribution < -0.4 is 14.8 Å². The Kier molecular flexibility index (Phi) is 5.76. The molecule has 0 saturated heterocycles. The van der Waals surface area contributed by atoms with Gasteiger partial charge in [-0.15, -0.1) is 0 Å². The van der Waals surface area contributed by atoms with E-state index in [-0.39, 0.29) is 41.7 Å². The van der Waals surface area contributed by atoms with E-state index in [0.717, 1.165) is 12.1 Å². The van der Waals surface area contributed by atoms with E-state index >= 15 is 0 Å². The molecule has 0 fully saturated rings. The number of hydrogen-bond donors (Lipinski definition) is 1. The third-order valence-electron chi connectivity index (χ3n) is 4.19. The molecule has 12 nitrogen and oxygen atoms in total. The Balaban J connectivity index is 1.71. The van der Waals surface area contributed by atoms with Crippen LogP contribution >= 0.6 is 0 Å². The summed E-state index contributed by atoms with van der Waals surface area (Å²) in [5.41, 5.74) is -0.736. The maximum Gasteiger partial charge on any atom is 0.345 e. The summed E-state index contributed by atoms with van der Waals surface area (Å²) in [6.07, 6.45) is 0. The number of amides is 1. The molecule has 2 aromatic carbocycles. The van der Waals surface area contributed by atoms with E-state index in [1.165, 1.54) is 25.1 Å². The van der Waals surface area contributed by atoms with Crippen LogP contribution in [-0.2, 0) is 9.53 Å². The van der Waals surface area contributed by atoms with Gasteiger partial charge in [0, 0.05) is 12.1 Å². The van der Waals surface area contributed by atoms with Crippen LogP contribution in [0.5, 0.6) is 11.5 Å². The minimum absolute atomic E-state index is 0.128. The van der Waals surface area contributed by atoms with E-state index in [1.54, 1.807) is 0 Å². The summed E-state index contributed by atoms with van der Waals surface area (Å²) in [4.78, 5) is 45.3. The van der Waals surface area contributed by atoms with Gasteiger partial charge in [-0.3, -0.25) is 25.0 Å². The second kappa shape index (κ2) is 8.43. The van der Waals surface area contributed by atoms with Gasteiger partial charge in [-0.1, -0.05) is 6.07 Å². The maximum absolute atomic E-state index is 12.3. The van der Waals surface area contributed by atoms with Gasteiger partial charge in [0.15, 0.2) is 18.1 Å². The number of fused-ring (bicyclic) bond motifs is 1. The van der Waals surface area contributed by atoms with Crippen molar-refractivity contribution in [3.8, 4) is 11.5 Å². The number of anilines is 1. The van der Waals surface area contributed by atoms with Crippen molar-refractivity contribution in [1.29, 1.82) is 0 Å². The summed E-state index contributed by atoms with van der Waals surface area (Å²) in [6, 6.07) is 6.31. The van der Waals surface area contributed by atoms with Crippen LogP contribution in [-0.4, -0.2) is 41.5 Å². The maximum atomic E-state index is 12.3. The topological polar surface area (TPSA) is 160 Å². The summed E-state index contributed by atoms with van der Waals surface area (Å²) in [5, 5.41) is 24.7. The summed E-state index contributed by atoms with van der Waals surface area (Å²) in [5.74, 6) is -1.60. The largest absolute Gasteiger partial charge is 0.486 e. The molecule has 0 unspecified atom stereocenters. The normalized spacial score (nSPS) is 12.0. The second-order valence-corrected chi connectivity index (χ2v) is 6.10. The van der Waals surface area contributed by atoms with Gasteiger partial charge in [0.1, 0.15) is 18.8 Å². The van der Waals surface area contributed by atoms with E-state index in [1.807, 2.05) is 0 Å². The van der Waals surface area contributed by atoms with Crippen molar-refractivity contribution < 1.29 is 33.6 Å². The fraction of sp³-hybridized carbons (Fsp3) is 0.222. The van der Waals surface area contributed by atoms with Gasteiger partial charge in [-0.05, 0) is 13.0 Å². The average molecular weight is 417 g/mol. The fourth-order valence-corrected chi connectivity index (χ4v) is 2.74. The number of carbonyl (C=O) groups excluding carboxylic acids is 2. The average Bonchev–Trinajstić information content (AvgIpc) is 2.72. The molecule has 2 aromatic rings. The standard InChI is InChI=1S/C18H15N3O9/c1-10-12(3-2-4-13(10)20(24)25)19-17(22)9-30-18(23)11-7-15-16(29-6-5-28-15)8-14(11)21(26)27/h2-4,7-8H,5-6,9H2,1H3,(H,19,22). The molecule has 30 heavy (non-hydrogen) atoms. The van der Waals surface area contributed by atoms with Gasteiger partial charge in [0.25, 0.3) is 17.3 Å². The van der Waals surface area contributed by atoms with Crippen molar-refractivity contribution in [3.05, 3.63) is 61.7 Å². The van der Waals surface area contributed by atoms with E-state index in [0.29, 0.717) is 0 Å². The molecule has 1 aliphatic heterocycles. The minimum Gasteiger partial charge on any atom is -0.486 e. The molecule has 1 N–H and O–H groups in total. The van der Waals surface area contributed by atoms with Gasteiger partial charge in [0.05, 0.1) is 27.2 Å². The molecule has 12 heteroatoms. The van der Waals surface area contributed by atoms with Gasteiger partial charge in [0.2, 0.25) is 0 Å². The molecule has 0 saturated carbocycles. The Bertz CT molecular complexity index is 1050. The van der Waals surface area contributed by atoms with E-state index in [4.69, 9.17) is 14.2 Å². The lowest BCUT2D eigenvalue weighted by Gasteiger charge is -2.18. The lowest BCUT2D eigenvalue weighted by molar-refractivity contribution is -0.385. The van der Waals surface area contributed by atoms with Gasteiger partial charge >= 0.3 is 5.97 Å². The molecule has 0 aliphatic carbocycles. The second-order valence-electron chi connectivity index (χ2n) is 6.10. The lowest BCUT2D eigenvalue weighted by atomic mass is 10.1. The molecule has 1 aliphatic rings. The molecule has 0 radical (unpaired) electrons. The first-order chi connectivity index (χ1) is 14.3. The number of nitrogens with one attached hydrogen (secondary N) is 1. The first-order valence-corrected chi connectivity index (χ1v) is 8.57. The molecule has 0 atom stereocenters. The zero-order valence-electron chi connectivity index (χ0n) is 15.6. The Morgan fingerprint density at radius 3 is 2.33 bits per heavy atom. The lowest BCUT2D eigenvalue weighted by Crippen LogP contribution is -2.22. The summed E-state index contributed by atoms with van der Waals surface area (Å²) >= 11 is 0. The van der Waals surface area contributed by atoms with Crippen LogP contribution in [0.15, 0.2) is 30.3 Å². The molecule has 0 bridgehead atoms. The molecule has 0 spiro atoms. The van der Waals surface area contributed by atoms with Crippen molar-refractivity contribution >= 4 is 28.9 Å². The van der Waals surface area contributed by atoms with Gasteiger partial charge < -0.3 is 19.5 Å². The number of nitrogens with zero attached hydrogens (tertiary/aromatic N) is 2. The highest BCUT2D eigenvalue weighted by atomic mass is 16.6. The number of nitro groups is 2. The number of carbonyl (C=O) groups is 2. The van der Waals surface area contributed by atoms with E-state index < -0.39 is 39.6 Å². The molecule has 1 amide bonds. The molecule has 3 rings (SSSR count). The molecule has 0 aromatic heterocycles. The molecule has 1 heterocycles. The number of ether oxygens (including phenoxy) is 3. The monoisotopic (exact) mass is 417 g/mol. The predicted molar refractivity (Wildman–Crippen MR) is 101 cm³/mol. The van der Waals surface area contributed by atoms with Gasteiger partial charge in [-0.2, -0.15) is 0 Å². The molecule has 156 valence electrons. The zero-order valence-corrected chi connectivity index (χ0v) is 15.6. The van der Waals surface area contributed by atoms with Crippen LogP contribution in [0.25, 0.3) is 0 Å². The smallest absolute Gasteiger partial charge is 0.345 e.